The summed E-state index contributed by atoms with van der Waals surface area (Å²) < 4.78 is 38.4. The van der Waals surface area contributed by atoms with Crippen LogP contribution in [0.4, 0.5) is 13.2 Å². The number of nitriles is 1. The second-order valence-corrected chi connectivity index (χ2v) is 5.58. The number of aromatic amines is 1. The number of halogens is 6. The Labute approximate surface area is 134 Å². The van der Waals surface area contributed by atoms with Crippen molar-refractivity contribution in [2.45, 2.75) is 6.18 Å². The third-order valence-electron chi connectivity index (χ3n) is 2.43. The minimum absolute atomic E-state index is 0.118. The van der Waals surface area contributed by atoms with Gasteiger partial charge in [-0.25, -0.2) is 0 Å². The monoisotopic (exact) mass is 431 g/mol. The van der Waals surface area contributed by atoms with Crippen molar-refractivity contribution in [3.8, 4) is 17.3 Å². The summed E-state index contributed by atoms with van der Waals surface area (Å²) in [6.07, 6.45) is -4.54. The molecule has 0 saturated carbocycles. The molecule has 1 heterocycles. The van der Waals surface area contributed by atoms with Gasteiger partial charge in [0.25, 0.3) is 0 Å². The third kappa shape index (κ3) is 2.73. The van der Waals surface area contributed by atoms with E-state index in [0.29, 0.717) is 9.26 Å². The second kappa shape index (κ2) is 5.42. The van der Waals surface area contributed by atoms with Gasteiger partial charge in [-0.15, -0.1) is 0 Å². The van der Waals surface area contributed by atoms with Crippen molar-refractivity contribution in [3.05, 3.63) is 37.0 Å². The van der Waals surface area contributed by atoms with Gasteiger partial charge in [-0.1, -0.05) is 23.2 Å². The van der Waals surface area contributed by atoms with Gasteiger partial charge in [0.05, 0.1) is 24.9 Å². The third-order valence-corrected chi connectivity index (χ3v) is 4.08. The average molecular weight is 432 g/mol. The van der Waals surface area contributed by atoms with E-state index in [0.717, 1.165) is 12.1 Å². The average Bonchev–Trinajstić information content (AvgIpc) is 2.69. The molecular weight excluding hydrogens is 429 g/mol. The van der Waals surface area contributed by atoms with E-state index < -0.39 is 11.7 Å². The minimum atomic E-state index is -4.54. The van der Waals surface area contributed by atoms with Crippen molar-refractivity contribution in [2.75, 3.05) is 0 Å². The maximum Gasteiger partial charge on any atom is 0.416 e. The first kappa shape index (κ1) is 15.4. The lowest BCUT2D eigenvalue weighted by molar-refractivity contribution is -0.137. The van der Waals surface area contributed by atoms with Crippen LogP contribution in [0.5, 0.6) is 0 Å². The zero-order valence-corrected chi connectivity index (χ0v) is 13.0. The summed E-state index contributed by atoms with van der Waals surface area (Å²) in [6.45, 7) is 0. The van der Waals surface area contributed by atoms with Crippen LogP contribution < -0.4 is 0 Å². The summed E-state index contributed by atoms with van der Waals surface area (Å²) in [7, 11) is 0. The number of rotatable bonds is 1. The molecule has 0 aliphatic heterocycles. The topological polar surface area (TPSA) is 52.5 Å². The number of hydrogen-bond donors (Lipinski definition) is 1. The Morgan fingerprint density at radius 3 is 2.20 bits per heavy atom. The molecule has 0 aliphatic carbocycles. The van der Waals surface area contributed by atoms with E-state index in [2.05, 4.69) is 10.2 Å². The first-order valence-corrected chi connectivity index (χ1v) is 6.79. The number of aromatic nitrogens is 2. The molecule has 0 spiro atoms. The first-order chi connectivity index (χ1) is 9.25. The molecule has 1 aromatic carbocycles. The number of nitrogens with one attached hydrogen (secondary N) is 1. The molecule has 0 bridgehead atoms. The highest BCUT2D eigenvalue weighted by atomic mass is 127. The van der Waals surface area contributed by atoms with Gasteiger partial charge in [-0.05, 0) is 34.7 Å². The van der Waals surface area contributed by atoms with Crippen molar-refractivity contribution in [1.29, 1.82) is 5.26 Å². The van der Waals surface area contributed by atoms with E-state index in [-0.39, 0.29) is 21.3 Å². The van der Waals surface area contributed by atoms with Crippen molar-refractivity contribution >= 4 is 45.8 Å². The molecule has 1 aromatic heterocycles. The standard InChI is InChI=1S/C11H3Cl2F3IN3/c12-5-1-4(11(14,15)16)2-6(13)8(5)10-9(17)7(3-18)19-20-10/h1-2H,(H,19,20). The Kier molecular flexibility index (Phi) is 4.18. The van der Waals surface area contributed by atoms with E-state index in [4.69, 9.17) is 28.5 Å². The fraction of sp³-hybridized carbons (Fsp3) is 0.0909. The molecular formula is C11H3Cl2F3IN3. The number of nitrogens with zero attached hydrogens (tertiary/aromatic N) is 2. The number of H-pyrrole nitrogens is 1. The van der Waals surface area contributed by atoms with Crippen molar-refractivity contribution in [2.24, 2.45) is 0 Å². The molecule has 3 nitrogen and oxygen atoms in total. The van der Waals surface area contributed by atoms with Crippen LogP contribution in [0, 0.1) is 14.9 Å². The van der Waals surface area contributed by atoms with Crippen LogP contribution in [-0.2, 0) is 6.18 Å². The largest absolute Gasteiger partial charge is 0.416 e. The summed E-state index contributed by atoms with van der Waals surface area (Å²) in [5, 5.41) is 14.8. The maximum absolute atomic E-state index is 12.6. The van der Waals surface area contributed by atoms with Gasteiger partial charge in [0.15, 0.2) is 5.69 Å². The van der Waals surface area contributed by atoms with Crippen LogP contribution in [-0.4, -0.2) is 10.2 Å². The van der Waals surface area contributed by atoms with Crippen LogP contribution in [0.25, 0.3) is 11.3 Å². The second-order valence-electron chi connectivity index (χ2n) is 3.69. The molecule has 1 N–H and O–H groups in total. The zero-order chi connectivity index (χ0) is 15.1. The van der Waals surface area contributed by atoms with Crippen LogP contribution in [0.2, 0.25) is 10.0 Å². The summed E-state index contributed by atoms with van der Waals surface area (Å²) in [5.41, 5.74) is -0.329. The highest BCUT2D eigenvalue weighted by molar-refractivity contribution is 14.1. The van der Waals surface area contributed by atoms with E-state index in [9.17, 15) is 13.2 Å². The predicted octanol–water partition coefficient (Wildman–Crippen LogP) is 4.88. The zero-order valence-electron chi connectivity index (χ0n) is 9.32. The van der Waals surface area contributed by atoms with Gasteiger partial charge in [-0.2, -0.15) is 23.5 Å². The predicted molar refractivity (Wildman–Crippen MR) is 76.5 cm³/mol. The first-order valence-electron chi connectivity index (χ1n) is 4.96. The SMILES string of the molecule is N#Cc1n[nH]c(-c2c(Cl)cc(C(F)(F)F)cc2Cl)c1I. The van der Waals surface area contributed by atoms with Crippen molar-refractivity contribution < 1.29 is 13.2 Å². The summed E-state index contributed by atoms with van der Waals surface area (Å²) in [4.78, 5) is 0. The fourth-order valence-corrected chi connectivity index (χ4v) is 2.85. The molecule has 0 amide bonds. The number of hydrogen-bond acceptors (Lipinski definition) is 2. The van der Waals surface area contributed by atoms with E-state index in [1.165, 1.54) is 0 Å². The normalized spacial score (nSPS) is 11.4. The Morgan fingerprint density at radius 1 is 1.25 bits per heavy atom. The van der Waals surface area contributed by atoms with Crippen LogP contribution in [0.15, 0.2) is 12.1 Å². The Bertz CT molecular complexity index is 696. The summed E-state index contributed by atoms with van der Waals surface area (Å²) >= 11 is 13.6. The molecule has 0 unspecified atom stereocenters. The Morgan fingerprint density at radius 2 is 1.80 bits per heavy atom. The number of benzene rings is 1. The van der Waals surface area contributed by atoms with Gasteiger partial charge in [0.2, 0.25) is 0 Å². The molecule has 9 heteroatoms. The van der Waals surface area contributed by atoms with E-state index in [1.54, 1.807) is 0 Å². The van der Waals surface area contributed by atoms with Crippen LogP contribution in [0.1, 0.15) is 11.3 Å². The fourth-order valence-electron chi connectivity index (χ4n) is 1.54. The van der Waals surface area contributed by atoms with Crippen LogP contribution in [0.3, 0.4) is 0 Å². The summed E-state index contributed by atoms with van der Waals surface area (Å²) in [6, 6.07) is 3.41. The Hall–Kier alpha value is -0.980. The number of alkyl halides is 3. The lowest BCUT2D eigenvalue weighted by Gasteiger charge is -2.11. The molecule has 0 saturated heterocycles. The maximum atomic E-state index is 12.6. The molecule has 0 atom stereocenters. The quantitative estimate of drug-likeness (QED) is 0.654. The Balaban J connectivity index is 2.65. The molecule has 104 valence electrons. The van der Waals surface area contributed by atoms with Crippen molar-refractivity contribution in [1.82, 2.24) is 10.2 Å². The lowest BCUT2D eigenvalue weighted by atomic mass is 10.1. The molecule has 0 aliphatic rings. The van der Waals surface area contributed by atoms with Gasteiger partial charge < -0.3 is 0 Å². The highest BCUT2D eigenvalue weighted by Gasteiger charge is 2.32. The van der Waals surface area contributed by atoms with Crippen molar-refractivity contribution in [3.63, 3.8) is 0 Å². The van der Waals surface area contributed by atoms with Gasteiger partial charge in [-0.3, -0.25) is 5.10 Å². The minimum Gasteiger partial charge on any atom is -0.275 e. The van der Waals surface area contributed by atoms with Crippen LogP contribution >= 0.6 is 45.8 Å². The van der Waals surface area contributed by atoms with Gasteiger partial charge in [0, 0.05) is 5.56 Å². The van der Waals surface area contributed by atoms with E-state index in [1.807, 2.05) is 28.7 Å². The van der Waals surface area contributed by atoms with E-state index >= 15 is 0 Å². The molecule has 0 radical (unpaired) electrons. The van der Waals surface area contributed by atoms with Gasteiger partial charge in [0.1, 0.15) is 6.07 Å². The molecule has 0 fully saturated rings. The van der Waals surface area contributed by atoms with Gasteiger partial charge >= 0.3 is 6.18 Å². The summed E-state index contributed by atoms with van der Waals surface area (Å²) in [5.74, 6) is 0. The molecule has 2 aromatic rings. The smallest absolute Gasteiger partial charge is 0.275 e. The molecule has 2 rings (SSSR count). The molecule has 20 heavy (non-hydrogen) atoms. The highest BCUT2D eigenvalue weighted by Crippen LogP contribution is 2.41. The lowest BCUT2D eigenvalue weighted by Crippen LogP contribution is -2.05.